The first-order valence-corrected chi connectivity index (χ1v) is 6.73. The molecule has 0 amide bonds. The topological polar surface area (TPSA) is 80.1 Å². The Kier molecular flexibility index (Phi) is 4.68. The molecule has 1 saturated heterocycles. The third-order valence-electron chi connectivity index (χ3n) is 3.61. The molecule has 1 aliphatic heterocycles. The van der Waals surface area contributed by atoms with Crippen LogP contribution in [0.4, 0.5) is 11.5 Å². The molecular formula is C13H20N4O2. The summed E-state index contributed by atoms with van der Waals surface area (Å²) < 4.78 is 0. The van der Waals surface area contributed by atoms with Crippen molar-refractivity contribution >= 4 is 11.5 Å². The molecule has 1 fully saturated rings. The molecule has 0 spiro atoms. The van der Waals surface area contributed by atoms with Crippen LogP contribution in [0.1, 0.15) is 24.8 Å². The minimum absolute atomic E-state index is 0.0906. The van der Waals surface area contributed by atoms with Crippen molar-refractivity contribution < 1.29 is 4.92 Å². The van der Waals surface area contributed by atoms with Gasteiger partial charge >= 0.3 is 5.69 Å². The van der Waals surface area contributed by atoms with Crippen LogP contribution in [0.15, 0.2) is 12.3 Å². The normalized spacial score (nSPS) is 16.3. The summed E-state index contributed by atoms with van der Waals surface area (Å²) in [6.45, 7) is 4.63. The van der Waals surface area contributed by atoms with Crippen LogP contribution >= 0.6 is 0 Å². The van der Waals surface area contributed by atoms with E-state index in [4.69, 9.17) is 0 Å². The summed E-state index contributed by atoms with van der Waals surface area (Å²) >= 11 is 0. The second-order valence-electron chi connectivity index (χ2n) is 4.99. The Balaban J connectivity index is 1.92. The molecule has 0 radical (unpaired) electrons. The van der Waals surface area contributed by atoms with Gasteiger partial charge in [-0.1, -0.05) is 0 Å². The van der Waals surface area contributed by atoms with Gasteiger partial charge in [-0.05, 0) is 51.3 Å². The van der Waals surface area contributed by atoms with Crippen molar-refractivity contribution in [3.8, 4) is 0 Å². The fourth-order valence-corrected chi connectivity index (χ4v) is 2.48. The lowest BCUT2D eigenvalue weighted by Crippen LogP contribution is -2.28. The Hall–Kier alpha value is -1.69. The number of pyridine rings is 1. The number of nitrogens with one attached hydrogen (secondary N) is 2. The number of anilines is 1. The standard InChI is InChI=1S/C13H20N4O2/c1-10-2-8-15-13(12(10)17(18)19)16-9-5-11-3-6-14-7-4-11/h2,8,11,14H,3-7,9H2,1H3,(H,15,16). The molecule has 19 heavy (non-hydrogen) atoms. The van der Waals surface area contributed by atoms with Crippen LogP contribution in [0, 0.1) is 23.0 Å². The first-order chi connectivity index (χ1) is 9.18. The molecule has 0 aliphatic carbocycles. The average Bonchev–Trinajstić information content (AvgIpc) is 2.39. The Labute approximate surface area is 112 Å². The van der Waals surface area contributed by atoms with Gasteiger partial charge in [-0.15, -0.1) is 0 Å². The second kappa shape index (κ2) is 6.47. The van der Waals surface area contributed by atoms with E-state index in [2.05, 4.69) is 15.6 Å². The molecule has 2 heterocycles. The Morgan fingerprint density at radius 3 is 2.95 bits per heavy atom. The molecule has 0 saturated carbocycles. The highest BCUT2D eigenvalue weighted by Gasteiger charge is 2.18. The van der Waals surface area contributed by atoms with Gasteiger partial charge in [0.25, 0.3) is 0 Å². The molecule has 6 nitrogen and oxygen atoms in total. The Bertz CT molecular complexity index is 444. The van der Waals surface area contributed by atoms with Crippen LogP contribution in [0.25, 0.3) is 0 Å². The smallest absolute Gasteiger partial charge is 0.314 e. The van der Waals surface area contributed by atoms with Gasteiger partial charge < -0.3 is 10.6 Å². The van der Waals surface area contributed by atoms with Crippen molar-refractivity contribution in [2.75, 3.05) is 25.0 Å². The lowest BCUT2D eigenvalue weighted by atomic mass is 9.95. The molecule has 0 aromatic carbocycles. The van der Waals surface area contributed by atoms with E-state index < -0.39 is 0 Å². The number of hydrogen-bond donors (Lipinski definition) is 2. The van der Waals surface area contributed by atoms with E-state index in [9.17, 15) is 10.1 Å². The Morgan fingerprint density at radius 1 is 1.53 bits per heavy atom. The number of aryl methyl sites for hydroxylation is 1. The molecule has 104 valence electrons. The molecule has 2 rings (SSSR count). The monoisotopic (exact) mass is 264 g/mol. The van der Waals surface area contributed by atoms with E-state index in [1.807, 2.05) is 0 Å². The van der Waals surface area contributed by atoms with Gasteiger partial charge in [-0.3, -0.25) is 10.1 Å². The number of hydrogen-bond acceptors (Lipinski definition) is 5. The maximum Gasteiger partial charge on any atom is 0.314 e. The minimum Gasteiger partial charge on any atom is -0.364 e. The lowest BCUT2D eigenvalue weighted by Gasteiger charge is -2.22. The summed E-state index contributed by atoms with van der Waals surface area (Å²) in [5.41, 5.74) is 0.733. The fraction of sp³-hybridized carbons (Fsp3) is 0.615. The van der Waals surface area contributed by atoms with Gasteiger partial charge in [0.2, 0.25) is 5.82 Å². The van der Waals surface area contributed by atoms with Crippen molar-refractivity contribution in [1.82, 2.24) is 10.3 Å². The summed E-state index contributed by atoms with van der Waals surface area (Å²) in [6, 6.07) is 1.66. The van der Waals surface area contributed by atoms with E-state index in [0.717, 1.165) is 26.1 Å². The van der Waals surface area contributed by atoms with E-state index in [-0.39, 0.29) is 10.6 Å². The van der Waals surface area contributed by atoms with Crippen LogP contribution in [0.3, 0.4) is 0 Å². The maximum atomic E-state index is 11.0. The van der Waals surface area contributed by atoms with Crippen LogP contribution in [-0.4, -0.2) is 29.5 Å². The van der Waals surface area contributed by atoms with Crippen LogP contribution in [-0.2, 0) is 0 Å². The highest BCUT2D eigenvalue weighted by atomic mass is 16.6. The highest BCUT2D eigenvalue weighted by molar-refractivity contribution is 5.59. The molecular weight excluding hydrogens is 244 g/mol. The third kappa shape index (κ3) is 3.64. The molecule has 0 atom stereocenters. The van der Waals surface area contributed by atoms with Crippen LogP contribution in [0.2, 0.25) is 0 Å². The van der Waals surface area contributed by atoms with Gasteiger partial charge in [-0.2, -0.15) is 0 Å². The maximum absolute atomic E-state index is 11.0. The van der Waals surface area contributed by atoms with Crippen molar-refractivity contribution in [2.45, 2.75) is 26.2 Å². The zero-order valence-corrected chi connectivity index (χ0v) is 11.2. The van der Waals surface area contributed by atoms with Gasteiger partial charge in [0, 0.05) is 18.3 Å². The predicted octanol–water partition coefficient (Wildman–Crippen LogP) is 2.10. The first kappa shape index (κ1) is 13.7. The zero-order valence-electron chi connectivity index (χ0n) is 11.2. The molecule has 1 aromatic heterocycles. The highest BCUT2D eigenvalue weighted by Crippen LogP contribution is 2.25. The second-order valence-corrected chi connectivity index (χ2v) is 4.99. The summed E-state index contributed by atoms with van der Waals surface area (Å²) in [5, 5.41) is 17.5. The van der Waals surface area contributed by atoms with Gasteiger partial charge in [-0.25, -0.2) is 4.98 Å². The summed E-state index contributed by atoms with van der Waals surface area (Å²) in [5.74, 6) is 1.09. The predicted molar refractivity (Wildman–Crippen MR) is 74.3 cm³/mol. The molecule has 1 aromatic rings. The first-order valence-electron chi connectivity index (χ1n) is 6.73. The number of piperidine rings is 1. The number of rotatable bonds is 5. The minimum atomic E-state index is -0.366. The van der Waals surface area contributed by atoms with Crippen molar-refractivity contribution in [1.29, 1.82) is 0 Å². The average molecular weight is 264 g/mol. The van der Waals surface area contributed by atoms with Crippen LogP contribution in [0.5, 0.6) is 0 Å². The Morgan fingerprint density at radius 2 is 2.26 bits per heavy atom. The summed E-state index contributed by atoms with van der Waals surface area (Å²) in [6.07, 6.45) is 5.01. The van der Waals surface area contributed by atoms with Crippen molar-refractivity contribution in [2.24, 2.45) is 5.92 Å². The van der Waals surface area contributed by atoms with Crippen LogP contribution < -0.4 is 10.6 Å². The van der Waals surface area contributed by atoms with Crippen molar-refractivity contribution in [3.63, 3.8) is 0 Å². The van der Waals surface area contributed by atoms with Gasteiger partial charge in [0.05, 0.1) is 4.92 Å². The SMILES string of the molecule is Cc1ccnc(NCCC2CCNCC2)c1[N+](=O)[O-]. The summed E-state index contributed by atoms with van der Waals surface area (Å²) in [7, 11) is 0. The number of aromatic nitrogens is 1. The third-order valence-corrected chi connectivity index (χ3v) is 3.61. The number of nitrogens with zero attached hydrogens (tertiary/aromatic N) is 2. The van der Waals surface area contributed by atoms with E-state index >= 15 is 0 Å². The summed E-state index contributed by atoms with van der Waals surface area (Å²) in [4.78, 5) is 14.7. The molecule has 2 N–H and O–H groups in total. The lowest BCUT2D eigenvalue weighted by molar-refractivity contribution is -0.384. The quantitative estimate of drug-likeness (QED) is 0.629. The zero-order chi connectivity index (χ0) is 13.7. The molecule has 0 unspecified atom stereocenters. The molecule has 1 aliphatic rings. The van der Waals surface area contributed by atoms with Gasteiger partial charge in [0.1, 0.15) is 0 Å². The van der Waals surface area contributed by atoms with Gasteiger partial charge in [0.15, 0.2) is 0 Å². The molecule has 6 heteroatoms. The van der Waals surface area contributed by atoms with E-state index in [1.54, 1.807) is 19.2 Å². The van der Waals surface area contributed by atoms with E-state index in [1.165, 1.54) is 12.8 Å². The largest absolute Gasteiger partial charge is 0.364 e. The number of nitro groups is 1. The van der Waals surface area contributed by atoms with Crippen molar-refractivity contribution in [3.05, 3.63) is 27.9 Å². The van der Waals surface area contributed by atoms with E-state index in [0.29, 0.717) is 17.3 Å². The molecule has 0 bridgehead atoms. The fourth-order valence-electron chi connectivity index (χ4n) is 2.48.